The van der Waals surface area contributed by atoms with Gasteiger partial charge >= 0.3 is 0 Å². The highest BCUT2D eigenvalue weighted by Gasteiger charge is 2.28. The predicted octanol–water partition coefficient (Wildman–Crippen LogP) is 3.02. The fourth-order valence-corrected chi connectivity index (χ4v) is 3.57. The quantitative estimate of drug-likeness (QED) is 0.511. The molecule has 74 valence electrons. The third kappa shape index (κ3) is 2.27. The van der Waals surface area contributed by atoms with Crippen LogP contribution in [-0.2, 0) is 0 Å². The lowest BCUT2D eigenvalue weighted by Crippen LogP contribution is -2.44. The van der Waals surface area contributed by atoms with Crippen molar-refractivity contribution in [2.24, 2.45) is 0 Å². The van der Waals surface area contributed by atoms with Crippen molar-refractivity contribution in [3.05, 3.63) is 30.3 Å². The molecule has 0 spiro atoms. The maximum atomic E-state index is 3.30. The molecule has 0 aromatic heterocycles. The molecule has 1 unspecified atom stereocenters. The van der Waals surface area contributed by atoms with E-state index in [4.69, 9.17) is 0 Å². The zero-order chi connectivity index (χ0) is 10.6. The Balaban J connectivity index is 2.99. The lowest BCUT2D eigenvalue weighted by atomic mass is 10.4. The number of hydrogen-bond acceptors (Lipinski definition) is 0. The number of benzene rings is 1. The summed E-state index contributed by atoms with van der Waals surface area (Å²) < 4.78 is 0. The first-order valence-corrected chi connectivity index (χ1v) is 8.14. The highest BCUT2D eigenvalue weighted by Crippen LogP contribution is 2.19. The van der Waals surface area contributed by atoms with Crippen LogP contribution in [0.1, 0.15) is 13.8 Å². The summed E-state index contributed by atoms with van der Waals surface area (Å²) in [5.41, 5.74) is 0.523. The molecule has 0 bridgehead atoms. The average Bonchev–Trinajstić information content (AvgIpc) is 2.19. The Kier molecular flexibility index (Phi) is 3.54. The largest absolute Gasteiger partial charge is 0.107 e. The van der Waals surface area contributed by atoms with Gasteiger partial charge in [-0.15, -0.1) is 11.8 Å². The molecule has 0 aliphatic heterocycles. The van der Waals surface area contributed by atoms with Crippen molar-refractivity contribution >= 4 is 13.3 Å². The highest BCUT2D eigenvalue weighted by atomic mass is 28.3. The standard InChI is InChI=1S/C13H18Si/c1-5-9-12(2)14(3,4)13-10-7-6-8-11-13/h6-8,10-12H,1-4H3. The van der Waals surface area contributed by atoms with Crippen LogP contribution in [0.25, 0.3) is 0 Å². The minimum Gasteiger partial charge on any atom is -0.107 e. The molecule has 0 radical (unpaired) electrons. The maximum Gasteiger partial charge on any atom is 0.0958 e. The minimum atomic E-state index is -1.38. The van der Waals surface area contributed by atoms with Gasteiger partial charge in [-0.2, -0.15) is 0 Å². The van der Waals surface area contributed by atoms with Gasteiger partial charge in [0.2, 0.25) is 0 Å². The third-order valence-electron chi connectivity index (χ3n) is 2.96. The molecule has 14 heavy (non-hydrogen) atoms. The first-order chi connectivity index (χ1) is 6.59. The molecule has 0 amide bonds. The highest BCUT2D eigenvalue weighted by molar-refractivity contribution is 6.91. The van der Waals surface area contributed by atoms with Crippen LogP contribution in [-0.4, -0.2) is 8.07 Å². The first-order valence-electron chi connectivity index (χ1n) is 5.07. The molecule has 1 rings (SSSR count). The molecule has 0 saturated carbocycles. The molecule has 0 fully saturated rings. The van der Waals surface area contributed by atoms with E-state index >= 15 is 0 Å². The van der Waals surface area contributed by atoms with E-state index in [-0.39, 0.29) is 0 Å². The first kappa shape index (κ1) is 11.1. The van der Waals surface area contributed by atoms with Gasteiger partial charge in [0.05, 0.1) is 8.07 Å². The second kappa shape index (κ2) is 4.48. The van der Waals surface area contributed by atoms with Crippen LogP contribution in [0.15, 0.2) is 30.3 Å². The van der Waals surface area contributed by atoms with Crippen molar-refractivity contribution in [1.29, 1.82) is 0 Å². The Morgan fingerprint density at radius 3 is 2.21 bits per heavy atom. The van der Waals surface area contributed by atoms with Crippen molar-refractivity contribution in [2.75, 3.05) is 0 Å². The van der Waals surface area contributed by atoms with Crippen LogP contribution >= 0.6 is 0 Å². The molecule has 1 heteroatoms. The van der Waals surface area contributed by atoms with Crippen molar-refractivity contribution in [3.63, 3.8) is 0 Å². The Morgan fingerprint density at radius 1 is 1.14 bits per heavy atom. The van der Waals surface area contributed by atoms with E-state index in [9.17, 15) is 0 Å². The van der Waals surface area contributed by atoms with Crippen LogP contribution < -0.4 is 5.19 Å². The van der Waals surface area contributed by atoms with Gasteiger partial charge in [0, 0.05) is 5.54 Å². The van der Waals surface area contributed by atoms with Gasteiger partial charge in [-0.25, -0.2) is 0 Å². The molecular formula is C13H18Si. The number of hydrogen-bond donors (Lipinski definition) is 0. The summed E-state index contributed by atoms with van der Waals surface area (Å²) in [6, 6.07) is 10.8. The Bertz CT molecular complexity index is 340. The van der Waals surface area contributed by atoms with Gasteiger partial charge in [-0.1, -0.05) is 55.5 Å². The van der Waals surface area contributed by atoms with Gasteiger partial charge in [-0.3, -0.25) is 0 Å². The molecule has 0 nitrogen and oxygen atoms in total. The van der Waals surface area contributed by atoms with Crippen LogP contribution in [0, 0.1) is 11.8 Å². The fraction of sp³-hybridized carbons (Fsp3) is 0.385. The predicted molar refractivity (Wildman–Crippen MR) is 66.4 cm³/mol. The monoisotopic (exact) mass is 202 g/mol. The van der Waals surface area contributed by atoms with E-state index in [0.29, 0.717) is 5.54 Å². The van der Waals surface area contributed by atoms with Crippen LogP contribution in [0.5, 0.6) is 0 Å². The van der Waals surface area contributed by atoms with Gasteiger partial charge < -0.3 is 0 Å². The molecular weight excluding hydrogens is 184 g/mol. The molecule has 0 heterocycles. The average molecular weight is 202 g/mol. The van der Waals surface area contributed by atoms with E-state index in [1.54, 1.807) is 0 Å². The SMILES string of the molecule is CC#CC(C)[Si](C)(C)c1ccccc1. The zero-order valence-electron chi connectivity index (χ0n) is 9.46. The van der Waals surface area contributed by atoms with Gasteiger partial charge in [0.1, 0.15) is 0 Å². The van der Waals surface area contributed by atoms with E-state index in [2.05, 4.69) is 62.2 Å². The fourth-order valence-electron chi connectivity index (χ4n) is 1.51. The van der Waals surface area contributed by atoms with E-state index in [1.165, 1.54) is 5.19 Å². The van der Waals surface area contributed by atoms with Gasteiger partial charge in [0.15, 0.2) is 0 Å². The summed E-state index contributed by atoms with van der Waals surface area (Å²) >= 11 is 0. The second-order valence-electron chi connectivity index (χ2n) is 4.20. The summed E-state index contributed by atoms with van der Waals surface area (Å²) in [5.74, 6) is 6.32. The lowest BCUT2D eigenvalue weighted by Gasteiger charge is -2.26. The summed E-state index contributed by atoms with van der Waals surface area (Å²) in [7, 11) is -1.38. The summed E-state index contributed by atoms with van der Waals surface area (Å²) in [4.78, 5) is 0. The molecule has 0 N–H and O–H groups in total. The van der Waals surface area contributed by atoms with E-state index in [1.807, 2.05) is 6.92 Å². The van der Waals surface area contributed by atoms with Crippen molar-refractivity contribution < 1.29 is 0 Å². The zero-order valence-corrected chi connectivity index (χ0v) is 10.5. The molecule has 0 aliphatic rings. The smallest absolute Gasteiger partial charge is 0.0958 e. The van der Waals surface area contributed by atoms with E-state index < -0.39 is 8.07 Å². The number of rotatable bonds is 2. The second-order valence-corrected chi connectivity index (χ2v) is 9.09. The summed E-state index contributed by atoms with van der Waals surface area (Å²) in [6.07, 6.45) is 0. The summed E-state index contributed by atoms with van der Waals surface area (Å²) in [6.45, 7) is 8.94. The molecule has 1 aromatic carbocycles. The van der Waals surface area contributed by atoms with Gasteiger partial charge in [-0.05, 0) is 6.92 Å². The third-order valence-corrected chi connectivity index (χ3v) is 7.09. The van der Waals surface area contributed by atoms with Crippen molar-refractivity contribution in [3.8, 4) is 11.8 Å². The van der Waals surface area contributed by atoms with Crippen LogP contribution in [0.2, 0.25) is 18.6 Å². The van der Waals surface area contributed by atoms with Crippen molar-refractivity contribution in [1.82, 2.24) is 0 Å². The Labute approximate surface area is 88.4 Å². The molecule has 0 saturated heterocycles. The van der Waals surface area contributed by atoms with Crippen molar-refractivity contribution in [2.45, 2.75) is 32.5 Å². The van der Waals surface area contributed by atoms with Crippen LogP contribution in [0.4, 0.5) is 0 Å². The molecule has 1 aromatic rings. The Morgan fingerprint density at radius 2 is 1.71 bits per heavy atom. The normalized spacial score (nSPS) is 12.9. The topological polar surface area (TPSA) is 0 Å². The van der Waals surface area contributed by atoms with Crippen LogP contribution in [0.3, 0.4) is 0 Å². The van der Waals surface area contributed by atoms with Gasteiger partial charge in [0.25, 0.3) is 0 Å². The maximum absolute atomic E-state index is 3.30. The lowest BCUT2D eigenvalue weighted by molar-refractivity contribution is 1.18. The van der Waals surface area contributed by atoms with E-state index in [0.717, 1.165) is 0 Å². The minimum absolute atomic E-state index is 0.523. The Hall–Kier alpha value is -1.00. The molecule has 0 aliphatic carbocycles. The summed E-state index contributed by atoms with van der Waals surface area (Å²) in [5, 5.41) is 1.50. The molecule has 1 atom stereocenters.